The number of aliphatic carboxylic acids is 2. The van der Waals surface area contributed by atoms with Crippen LogP contribution in [0.3, 0.4) is 0 Å². The summed E-state index contributed by atoms with van der Waals surface area (Å²) in [5.41, 5.74) is 5.23. The zero-order valence-electron chi connectivity index (χ0n) is 14.3. The molecule has 27 heavy (non-hydrogen) atoms. The van der Waals surface area contributed by atoms with Gasteiger partial charge in [0, 0.05) is 18.1 Å². The van der Waals surface area contributed by atoms with Crippen molar-refractivity contribution in [3.8, 4) is 0 Å². The Hall–Kier alpha value is -2.08. The van der Waals surface area contributed by atoms with Crippen molar-refractivity contribution in [3.05, 3.63) is 40.5 Å². The van der Waals surface area contributed by atoms with Crippen LogP contribution in [0.5, 0.6) is 0 Å². The number of fused-ring (bicyclic) bond motifs is 1. The van der Waals surface area contributed by atoms with E-state index in [0.717, 1.165) is 28.4 Å². The number of rotatable bonds is 6. The second kappa shape index (κ2) is 9.22. The van der Waals surface area contributed by atoms with E-state index < -0.39 is 41.3 Å². The first-order valence-corrected chi connectivity index (χ1v) is 9.73. The minimum absolute atomic E-state index is 0.00252. The van der Waals surface area contributed by atoms with Gasteiger partial charge in [0.05, 0.1) is 16.3 Å². The summed E-state index contributed by atoms with van der Waals surface area (Å²) in [6.07, 6.45) is 2.63. The second-order valence-corrected chi connectivity index (χ2v) is 8.12. The van der Waals surface area contributed by atoms with E-state index in [-0.39, 0.29) is 11.4 Å². The number of carboxylic acids is 2. The third-order valence-corrected chi connectivity index (χ3v) is 6.52. The number of β-lactam (4-membered cyclic amide) rings is 1. The Labute approximate surface area is 163 Å². The number of aromatic nitrogens is 1. The smallest absolute Gasteiger partial charge is 0.354 e. The molecule has 2 aliphatic heterocycles. The highest BCUT2D eigenvalue weighted by Crippen LogP contribution is 2.53. The largest absolute Gasteiger partial charge is 0.480 e. The molecule has 2 aliphatic rings. The number of aliphatic hydroxyl groups is 1. The van der Waals surface area contributed by atoms with Crippen LogP contribution in [0.4, 0.5) is 0 Å². The number of pyridine rings is 1. The number of hydrogen-bond donors (Lipinski definition) is 4. The van der Waals surface area contributed by atoms with Gasteiger partial charge in [-0.15, -0.1) is 11.8 Å². The van der Waals surface area contributed by atoms with Gasteiger partial charge in [-0.05, 0) is 19.1 Å². The van der Waals surface area contributed by atoms with Gasteiger partial charge in [0.15, 0.2) is 5.70 Å². The first-order chi connectivity index (χ1) is 12.8. The second-order valence-electron chi connectivity index (χ2n) is 5.70. The normalized spacial score (nSPS) is 22.9. The Balaban J connectivity index is 0.000000369. The summed E-state index contributed by atoms with van der Waals surface area (Å²) >= 11 is 2.15. The summed E-state index contributed by atoms with van der Waals surface area (Å²) < 4.78 is 0.348. The summed E-state index contributed by atoms with van der Waals surface area (Å²) in [7, 11) is 0. The zero-order chi connectivity index (χ0) is 20.1. The van der Waals surface area contributed by atoms with Gasteiger partial charge >= 0.3 is 11.9 Å². The SMILES string of the molecule is CC(O)[C@H]1C(=O)N2C(C(=O)O)=C(SC[C@@H](N)C(=O)O)S[C@H]12.c1ccncc1. The van der Waals surface area contributed by atoms with Gasteiger partial charge in [-0.3, -0.25) is 19.5 Å². The van der Waals surface area contributed by atoms with Crippen molar-refractivity contribution in [2.75, 3.05) is 5.75 Å². The summed E-state index contributed by atoms with van der Waals surface area (Å²) in [4.78, 5) is 38.8. The van der Waals surface area contributed by atoms with Crippen molar-refractivity contribution in [1.29, 1.82) is 0 Å². The molecule has 4 atom stereocenters. The van der Waals surface area contributed by atoms with Crippen LogP contribution in [-0.2, 0) is 14.4 Å². The van der Waals surface area contributed by atoms with Gasteiger partial charge in [-0.1, -0.05) is 17.8 Å². The Morgan fingerprint density at radius 1 is 1.33 bits per heavy atom. The molecule has 9 nitrogen and oxygen atoms in total. The van der Waals surface area contributed by atoms with E-state index >= 15 is 0 Å². The molecule has 5 N–H and O–H groups in total. The Kier molecular flexibility index (Phi) is 7.25. The standard InChI is InChI=1S/C11H14N2O6S2.C5H5N/c1-3(14)5-7(15)13-6(10(18)19)11(21-8(5)13)20-2-4(12)9(16)17;1-2-4-6-5-3-1/h3-5,8,14H,2,12H2,1H3,(H,16,17)(H,18,19);1-5H/t3?,4-,5+,8-;/m1./s1. The first kappa shape index (κ1) is 21.2. The molecule has 11 heteroatoms. The Bertz CT molecular complexity index is 716. The molecule has 0 aliphatic carbocycles. The number of nitrogens with two attached hydrogens (primary N) is 1. The maximum absolute atomic E-state index is 11.9. The van der Waals surface area contributed by atoms with E-state index in [1.165, 1.54) is 6.92 Å². The minimum atomic E-state index is -1.26. The fraction of sp³-hybridized carbons (Fsp3) is 0.375. The summed E-state index contributed by atoms with van der Waals surface area (Å²) in [5.74, 6) is -3.51. The minimum Gasteiger partial charge on any atom is -0.480 e. The van der Waals surface area contributed by atoms with Gasteiger partial charge in [0.2, 0.25) is 5.91 Å². The maximum Gasteiger partial charge on any atom is 0.354 e. The van der Waals surface area contributed by atoms with Gasteiger partial charge < -0.3 is 21.1 Å². The van der Waals surface area contributed by atoms with E-state index in [1.807, 2.05) is 18.2 Å². The van der Waals surface area contributed by atoms with Crippen LogP contribution in [-0.4, -0.2) is 66.3 Å². The molecule has 0 bridgehead atoms. The van der Waals surface area contributed by atoms with Crippen LogP contribution in [0.2, 0.25) is 0 Å². The highest BCUT2D eigenvalue weighted by molar-refractivity contribution is 8.22. The summed E-state index contributed by atoms with van der Waals surface area (Å²) in [6.45, 7) is 1.48. The molecule has 3 heterocycles. The lowest BCUT2D eigenvalue weighted by Gasteiger charge is -2.43. The molecule has 146 valence electrons. The molecule has 3 rings (SSSR count). The number of thioether (sulfide) groups is 2. The third-order valence-electron chi connectivity index (χ3n) is 3.75. The predicted octanol–water partition coefficient (Wildman–Crippen LogP) is 0.379. The lowest BCUT2D eigenvalue weighted by molar-refractivity contribution is -0.156. The molecule has 0 saturated carbocycles. The van der Waals surface area contributed by atoms with Gasteiger partial charge in [-0.25, -0.2) is 4.79 Å². The van der Waals surface area contributed by atoms with Crippen LogP contribution >= 0.6 is 23.5 Å². The number of amides is 1. The number of aliphatic hydroxyl groups excluding tert-OH is 1. The lowest BCUT2D eigenvalue weighted by atomic mass is 9.92. The number of hydrogen-bond acceptors (Lipinski definition) is 8. The molecule has 1 saturated heterocycles. The molecule has 1 fully saturated rings. The topological polar surface area (TPSA) is 154 Å². The average Bonchev–Trinajstić information content (AvgIpc) is 2.95. The van der Waals surface area contributed by atoms with Gasteiger partial charge in [-0.2, -0.15) is 0 Å². The first-order valence-electron chi connectivity index (χ1n) is 7.87. The molecule has 1 unspecified atom stereocenters. The lowest BCUT2D eigenvalue weighted by Crippen LogP contribution is -2.60. The number of carbonyl (C=O) groups excluding carboxylic acids is 1. The zero-order valence-corrected chi connectivity index (χ0v) is 15.9. The molecule has 0 spiro atoms. The number of carbonyl (C=O) groups is 3. The van der Waals surface area contributed by atoms with Crippen molar-refractivity contribution >= 4 is 41.4 Å². The fourth-order valence-corrected chi connectivity index (χ4v) is 5.29. The monoisotopic (exact) mass is 413 g/mol. The number of nitrogens with zero attached hydrogens (tertiary/aromatic N) is 2. The van der Waals surface area contributed by atoms with Crippen LogP contribution < -0.4 is 5.73 Å². The molecular formula is C16H19N3O6S2. The van der Waals surface area contributed by atoms with Crippen LogP contribution in [0.25, 0.3) is 0 Å². The van der Waals surface area contributed by atoms with Crippen LogP contribution in [0.1, 0.15) is 6.92 Å². The van der Waals surface area contributed by atoms with Crippen LogP contribution in [0.15, 0.2) is 40.5 Å². The van der Waals surface area contributed by atoms with Gasteiger partial charge in [0.1, 0.15) is 11.4 Å². The van der Waals surface area contributed by atoms with E-state index in [2.05, 4.69) is 4.98 Å². The van der Waals surface area contributed by atoms with Crippen molar-refractivity contribution < 1.29 is 29.7 Å². The highest BCUT2D eigenvalue weighted by atomic mass is 32.2. The fourth-order valence-electron chi connectivity index (χ4n) is 2.40. The van der Waals surface area contributed by atoms with Crippen molar-refractivity contribution in [3.63, 3.8) is 0 Å². The van der Waals surface area contributed by atoms with Crippen LogP contribution in [0, 0.1) is 5.92 Å². The van der Waals surface area contributed by atoms with Crippen molar-refractivity contribution in [1.82, 2.24) is 9.88 Å². The average molecular weight is 413 g/mol. The Morgan fingerprint density at radius 3 is 2.37 bits per heavy atom. The molecule has 1 amide bonds. The van der Waals surface area contributed by atoms with E-state index in [9.17, 15) is 24.6 Å². The van der Waals surface area contributed by atoms with Gasteiger partial charge in [0.25, 0.3) is 0 Å². The third kappa shape index (κ3) is 4.80. The van der Waals surface area contributed by atoms with E-state index in [1.54, 1.807) is 12.4 Å². The molecule has 0 radical (unpaired) electrons. The Morgan fingerprint density at radius 2 is 1.96 bits per heavy atom. The molecular weight excluding hydrogens is 394 g/mol. The maximum atomic E-state index is 11.9. The van der Waals surface area contributed by atoms with E-state index in [0.29, 0.717) is 4.24 Å². The predicted molar refractivity (Wildman–Crippen MR) is 100 cm³/mol. The summed E-state index contributed by atoms with van der Waals surface area (Å²) in [5, 5.41) is 27.1. The van der Waals surface area contributed by atoms with E-state index in [4.69, 9.17) is 10.8 Å². The molecule has 0 aromatic carbocycles. The highest BCUT2D eigenvalue weighted by Gasteiger charge is 2.57. The quantitative estimate of drug-likeness (QED) is 0.481. The van der Waals surface area contributed by atoms with Crippen molar-refractivity contribution in [2.45, 2.75) is 24.4 Å². The molecule has 1 aromatic rings. The summed E-state index contributed by atoms with van der Waals surface area (Å²) in [6, 6.07) is 4.60. The van der Waals surface area contributed by atoms with Crippen molar-refractivity contribution in [2.24, 2.45) is 11.7 Å². The number of carboxylic acid groups (broad SMARTS) is 2. The molecule has 1 aromatic heterocycles.